The lowest BCUT2D eigenvalue weighted by Crippen LogP contribution is -2.20. The van der Waals surface area contributed by atoms with Crippen molar-refractivity contribution >= 4 is 27.3 Å². The first-order valence-electron chi connectivity index (χ1n) is 8.99. The molecule has 0 amide bonds. The maximum atomic E-state index is 12.6. The minimum atomic E-state index is -4.76. The van der Waals surface area contributed by atoms with Crippen LogP contribution in [0, 0.1) is 0 Å². The van der Waals surface area contributed by atoms with Crippen LogP contribution in [0.15, 0.2) is 55.0 Å². The molecular weight excluding hydrogens is 432 g/mol. The van der Waals surface area contributed by atoms with E-state index >= 15 is 0 Å². The van der Waals surface area contributed by atoms with E-state index in [9.17, 15) is 17.2 Å². The summed E-state index contributed by atoms with van der Waals surface area (Å²) in [6, 6.07) is 10.0. The predicted molar refractivity (Wildman–Crippen MR) is 115 cm³/mol. The lowest BCUT2D eigenvalue weighted by molar-refractivity contribution is 0.236. The van der Waals surface area contributed by atoms with Crippen molar-refractivity contribution < 1.29 is 17.2 Å². The van der Waals surface area contributed by atoms with Crippen molar-refractivity contribution in [2.24, 2.45) is 0 Å². The number of alkyl halides is 2. The largest absolute Gasteiger partial charge is 0.355 e. The van der Waals surface area contributed by atoms with Gasteiger partial charge in [0.25, 0.3) is 10.0 Å². The minimum Gasteiger partial charge on any atom is -0.279 e. The van der Waals surface area contributed by atoms with Crippen LogP contribution in [0.25, 0.3) is 22.3 Å². The van der Waals surface area contributed by atoms with Crippen molar-refractivity contribution in [2.45, 2.75) is 31.9 Å². The van der Waals surface area contributed by atoms with E-state index in [-0.39, 0.29) is 16.1 Å². The summed E-state index contributed by atoms with van der Waals surface area (Å²) in [5.74, 6) is -3.53. The fourth-order valence-corrected chi connectivity index (χ4v) is 3.62. The minimum absolute atomic E-state index is 0.0443. The molecule has 0 aliphatic heterocycles. The zero-order chi connectivity index (χ0) is 22.1. The molecule has 9 heteroatoms. The van der Waals surface area contributed by atoms with Crippen molar-refractivity contribution in [1.82, 2.24) is 9.97 Å². The number of halogens is 3. The zero-order valence-electron chi connectivity index (χ0n) is 16.5. The maximum absolute atomic E-state index is 12.6. The van der Waals surface area contributed by atoms with Gasteiger partial charge in [-0.3, -0.25) is 14.7 Å². The Hall–Kier alpha value is -2.58. The van der Waals surface area contributed by atoms with Gasteiger partial charge < -0.3 is 0 Å². The number of sulfonamides is 1. The molecule has 0 atom stereocenters. The highest BCUT2D eigenvalue weighted by atomic mass is 35.5. The van der Waals surface area contributed by atoms with Crippen LogP contribution in [0.5, 0.6) is 0 Å². The molecule has 0 radical (unpaired) electrons. The van der Waals surface area contributed by atoms with Crippen molar-refractivity contribution in [3.8, 4) is 22.3 Å². The van der Waals surface area contributed by atoms with E-state index < -0.39 is 15.8 Å². The molecule has 0 unspecified atom stereocenters. The van der Waals surface area contributed by atoms with Crippen molar-refractivity contribution in [3.63, 3.8) is 0 Å². The molecule has 0 fully saturated rings. The summed E-state index contributed by atoms with van der Waals surface area (Å²) in [6.45, 7) is 6.24. The fraction of sp³-hybridized carbons (Fsp3) is 0.238. The van der Waals surface area contributed by atoms with Crippen LogP contribution in [-0.4, -0.2) is 24.1 Å². The number of pyridine rings is 2. The third kappa shape index (κ3) is 4.94. The fourth-order valence-electron chi connectivity index (χ4n) is 2.79. The average Bonchev–Trinajstić information content (AvgIpc) is 2.67. The standard InChI is InChI=1S/C21H20ClF2N3O2S/c1-21(2,3)19-9-13(6-7-26-19)14-8-15(12-25-11-14)17-5-4-16(10-18(17)22)27-30(28,29)20(23)24/h4-12,20,27H,1-3H3. The van der Waals surface area contributed by atoms with Crippen molar-refractivity contribution in [3.05, 3.63) is 65.7 Å². The molecule has 1 N–H and O–H groups in total. The van der Waals surface area contributed by atoms with Gasteiger partial charge in [0, 0.05) is 46.4 Å². The molecule has 0 aliphatic carbocycles. The Labute approximate surface area is 179 Å². The van der Waals surface area contributed by atoms with Crippen LogP contribution in [-0.2, 0) is 15.4 Å². The van der Waals surface area contributed by atoms with E-state index in [2.05, 4.69) is 30.7 Å². The molecule has 2 heterocycles. The number of hydrogen-bond donors (Lipinski definition) is 1. The summed E-state index contributed by atoms with van der Waals surface area (Å²) in [7, 11) is -4.76. The van der Waals surface area contributed by atoms with E-state index in [4.69, 9.17) is 11.6 Å². The van der Waals surface area contributed by atoms with Gasteiger partial charge in [0.2, 0.25) is 0 Å². The lowest BCUT2D eigenvalue weighted by atomic mass is 9.90. The molecule has 5 nitrogen and oxygen atoms in total. The molecule has 0 bridgehead atoms. The first kappa shape index (κ1) is 22.1. The van der Waals surface area contributed by atoms with Gasteiger partial charge >= 0.3 is 5.76 Å². The van der Waals surface area contributed by atoms with E-state index in [0.29, 0.717) is 11.1 Å². The Morgan fingerprint density at radius 3 is 2.33 bits per heavy atom. The zero-order valence-corrected chi connectivity index (χ0v) is 18.1. The summed E-state index contributed by atoms with van der Waals surface area (Å²) in [4.78, 5) is 8.72. The van der Waals surface area contributed by atoms with Gasteiger partial charge in [0.1, 0.15) is 0 Å². The number of aromatic nitrogens is 2. The van der Waals surface area contributed by atoms with Gasteiger partial charge in [-0.15, -0.1) is 0 Å². The Balaban J connectivity index is 1.95. The summed E-state index contributed by atoms with van der Waals surface area (Å²) in [6.07, 6.45) is 5.10. The van der Waals surface area contributed by atoms with E-state index in [1.165, 1.54) is 12.1 Å². The average molecular weight is 452 g/mol. The van der Waals surface area contributed by atoms with E-state index in [0.717, 1.165) is 16.8 Å². The highest BCUT2D eigenvalue weighted by Gasteiger charge is 2.24. The highest BCUT2D eigenvalue weighted by Crippen LogP contribution is 2.33. The summed E-state index contributed by atoms with van der Waals surface area (Å²) in [5.41, 5.74) is 3.90. The van der Waals surface area contributed by atoms with Crippen LogP contribution in [0.1, 0.15) is 26.5 Å². The first-order chi connectivity index (χ1) is 14.0. The molecule has 158 valence electrons. The Morgan fingerprint density at radius 2 is 1.70 bits per heavy atom. The molecule has 3 aromatic rings. The SMILES string of the molecule is CC(C)(C)c1cc(-c2cncc(-c3ccc(NS(=O)(=O)C(F)F)cc3Cl)c2)ccn1. The molecule has 1 aromatic carbocycles. The molecule has 0 spiro atoms. The van der Waals surface area contributed by atoms with Gasteiger partial charge in [-0.1, -0.05) is 38.4 Å². The van der Waals surface area contributed by atoms with Crippen LogP contribution in [0.2, 0.25) is 5.02 Å². The highest BCUT2D eigenvalue weighted by molar-refractivity contribution is 7.93. The topological polar surface area (TPSA) is 72.0 Å². The smallest absolute Gasteiger partial charge is 0.279 e. The number of benzene rings is 1. The van der Waals surface area contributed by atoms with Crippen molar-refractivity contribution in [2.75, 3.05) is 4.72 Å². The van der Waals surface area contributed by atoms with Gasteiger partial charge in [0.05, 0.1) is 10.7 Å². The Bertz CT molecular complexity index is 1180. The molecule has 0 aliphatic rings. The Morgan fingerprint density at radius 1 is 1.00 bits per heavy atom. The second-order valence-corrected chi connectivity index (χ2v) is 9.80. The van der Waals surface area contributed by atoms with Gasteiger partial charge in [-0.05, 0) is 35.9 Å². The maximum Gasteiger partial charge on any atom is 0.355 e. The third-order valence-electron chi connectivity index (χ3n) is 4.37. The quantitative estimate of drug-likeness (QED) is 0.538. The van der Waals surface area contributed by atoms with Gasteiger partial charge in [0.15, 0.2) is 0 Å². The van der Waals surface area contributed by atoms with Crippen molar-refractivity contribution in [1.29, 1.82) is 0 Å². The number of anilines is 1. The second kappa shape index (κ2) is 8.28. The number of hydrogen-bond acceptors (Lipinski definition) is 4. The normalized spacial score (nSPS) is 12.2. The molecule has 0 saturated carbocycles. The lowest BCUT2D eigenvalue weighted by Gasteiger charge is -2.18. The number of nitrogens with one attached hydrogen (secondary N) is 1. The Kier molecular flexibility index (Phi) is 6.10. The second-order valence-electron chi connectivity index (χ2n) is 7.74. The number of rotatable bonds is 5. The molecule has 0 saturated heterocycles. The van der Waals surface area contributed by atoms with Crippen LogP contribution < -0.4 is 4.72 Å². The van der Waals surface area contributed by atoms with Gasteiger partial charge in [-0.2, -0.15) is 8.78 Å². The molecular formula is C21H20ClF2N3O2S. The third-order valence-corrected chi connectivity index (χ3v) is 5.68. The monoisotopic (exact) mass is 451 g/mol. The summed E-state index contributed by atoms with van der Waals surface area (Å²) >= 11 is 6.30. The predicted octanol–water partition coefficient (Wildman–Crippen LogP) is 5.73. The van der Waals surface area contributed by atoms with E-state index in [1.807, 2.05) is 22.9 Å². The molecule has 3 rings (SSSR count). The van der Waals surface area contributed by atoms with E-state index in [1.54, 1.807) is 24.7 Å². The molecule has 2 aromatic heterocycles. The summed E-state index contributed by atoms with van der Waals surface area (Å²) < 4.78 is 49.6. The van der Waals surface area contributed by atoms with Crippen LogP contribution in [0.4, 0.5) is 14.5 Å². The van der Waals surface area contributed by atoms with Gasteiger partial charge in [-0.25, -0.2) is 8.42 Å². The van der Waals surface area contributed by atoms with Crippen LogP contribution >= 0.6 is 11.6 Å². The molecule has 30 heavy (non-hydrogen) atoms. The first-order valence-corrected chi connectivity index (χ1v) is 10.9. The number of nitrogens with zero attached hydrogens (tertiary/aromatic N) is 2. The summed E-state index contributed by atoms with van der Waals surface area (Å²) in [5, 5.41) is 0.202. The van der Waals surface area contributed by atoms with Crippen LogP contribution in [0.3, 0.4) is 0 Å².